The van der Waals surface area contributed by atoms with Crippen molar-refractivity contribution >= 4 is 35.1 Å². The second-order valence-electron chi connectivity index (χ2n) is 6.87. The molecule has 5 nitrogen and oxygen atoms in total. The molecule has 0 spiro atoms. The molecule has 2 heterocycles. The van der Waals surface area contributed by atoms with Crippen LogP contribution in [-0.4, -0.2) is 32.2 Å². The molecule has 144 valence electrons. The van der Waals surface area contributed by atoms with Gasteiger partial charge in [0.1, 0.15) is 6.33 Å². The molecule has 1 amide bonds. The fourth-order valence-corrected chi connectivity index (χ4v) is 5.37. The topological polar surface area (TPSA) is 51.0 Å². The molecular formula is C21H22N4OS2. The monoisotopic (exact) mass is 410 g/mol. The predicted molar refractivity (Wildman–Crippen MR) is 115 cm³/mol. The first-order valence-electron chi connectivity index (χ1n) is 9.26. The largest absolute Gasteiger partial charge is 0.306 e. The van der Waals surface area contributed by atoms with E-state index in [-0.39, 0.29) is 18.0 Å². The zero-order chi connectivity index (χ0) is 19.5. The number of anilines is 1. The molecule has 1 aliphatic rings. The first kappa shape index (κ1) is 19.1. The molecule has 0 aliphatic carbocycles. The van der Waals surface area contributed by atoms with Crippen molar-refractivity contribution in [3.05, 3.63) is 66.5 Å². The summed E-state index contributed by atoms with van der Waals surface area (Å²) in [6, 6.07) is 18.7. The highest BCUT2D eigenvalue weighted by atomic mass is 32.2. The number of hydrogen-bond donors (Lipinski definition) is 0. The summed E-state index contributed by atoms with van der Waals surface area (Å²) in [5.41, 5.74) is 2.15. The third kappa shape index (κ3) is 3.82. The number of rotatable bonds is 5. The number of benzene rings is 2. The second kappa shape index (κ2) is 8.41. The van der Waals surface area contributed by atoms with Gasteiger partial charge in [0.2, 0.25) is 5.91 Å². The molecule has 1 aliphatic heterocycles. The van der Waals surface area contributed by atoms with Gasteiger partial charge in [0.25, 0.3) is 0 Å². The van der Waals surface area contributed by atoms with Gasteiger partial charge in [-0.15, -0.1) is 22.0 Å². The molecule has 2 aromatic carbocycles. The maximum Gasteiger partial charge on any atom is 0.238 e. The Kier molecular flexibility index (Phi) is 5.73. The zero-order valence-corrected chi connectivity index (χ0v) is 17.5. The molecule has 3 aromatic rings. The van der Waals surface area contributed by atoms with Crippen molar-refractivity contribution in [3.63, 3.8) is 0 Å². The highest BCUT2D eigenvalue weighted by molar-refractivity contribution is 8.00. The number of hydrogen-bond acceptors (Lipinski definition) is 5. The van der Waals surface area contributed by atoms with Crippen molar-refractivity contribution < 1.29 is 4.79 Å². The lowest BCUT2D eigenvalue weighted by Gasteiger charge is -2.37. The lowest BCUT2D eigenvalue weighted by molar-refractivity contribution is -0.116. The van der Waals surface area contributed by atoms with E-state index < -0.39 is 0 Å². The summed E-state index contributed by atoms with van der Waals surface area (Å²) in [5.74, 6) is 1.26. The maximum absolute atomic E-state index is 13.4. The lowest BCUT2D eigenvalue weighted by Crippen LogP contribution is -2.39. The number of thioether (sulfide) groups is 2. The molecule has 0 saturated heterocycles. The van der Waals surface area contributed by atoms with Crippen LogP contribution in [0, 0.1) is 0 Å². The van der Waals surface area contributed by atoms with Gasteiger partial charge in [-0.3, -0.25) is 4.79 Å². The van der Waals surface area contributed by atoms with Crippen LogP contribution >= 0.6 is 23.5 Å². The Labute approximate surface area is 173 Å². The van der Waals surface area contributed by atoms with Gasteiger partial charge in [-0.2, -0.15) is 0 Å². The smallest absolute Gasteiger partial charge is 0.238 e. The van der Waals surface area contributed by atoms with Crippen molar-refractivity contribution in [3.8, 4) is 0 Å². The minimum Gasteiger partial charge on any atom is -0.306 e. The first-order chi connectivity index (χ1) is 13.6. The number of amides is 1. The summed E-state index contributed by atoms with van der Waals surface area (Å²) in [6.45, 7) is 4.16. The molecule has 0 N–H and O–H groups in total. The third-order valence-corrected chi connectivity index (χ3v) is 6.79. The Bertz CT molecular complexity index is 958. The van der Waals surface area contributed by atoms with Gasteiger partial charge in [-0.25, -0.2) is 0 Å². The van der Waals surface area contributed by atoms with E-state index in [1.165, 1.54) is 11.8 Å². The molecular weight excluding hydrogens is 388 g/mol. The molecule has 0 fully saturated rings. The van der Waals surface area contributed by atoms with Crippen LogP contribution in [0.4, 0.5) is 5.69 Å². The fraction of sp³-hybridized carbons (Fsp3) is 0.286. The molecule has 7 heteroatoms. The molecule has 4 rings (SSSR count). The number of carbonyl (C=O) groups is 1. The van der Waals surface area contributed by atoms with Crippen molar-refractivity contribution in [1.29, 1.82) is 0 Å². The Morgan fingerprint density at radius 1 is 1.18 bits per heavy atom. The molecule has 0 bridgehead atoms. The first-order valence-corrected chi connectivity index (χ1v) is 11.2. The van der Waals surface area contributed by atoms with Gasteiger partial charge in [0, 0.05) is 16.7 Å². The van der Waals surface area contributed by atoms with Crippen molar-refractivity contribution in [2.24, 2.45) is 0 Å². The molecule has 0 saturated carbocycles. The minimum atomic E-state index is 0.0252. The normalized spacial score (nSPS) is 16.2. The Morgan fingerprint density at radius 3 is 2.71 bits per heavy atom. The number of nitrogens with zero attached hydrogens (tertiary/aromatic N) is 4. The van der Waals surface area contributed by atoms with E-state index in [0.29, 0.717) is 5.75 Å². The molecule has 28 heavy (non-hydrogen) atoms. The lowest BCUT2D eigenvalue weighted by atomic mass is 10.1. The number of fused-ring (bicyclic) bond motifs is 1. The van der Waals surface area contributed by atoms with Crippen molar-refractivity contribution in [2.75, 3.05) is 16.4 Å². The molecule has 1 aromatic heterocycles. The average molecular weight is 411 g/mol. The van der Waals surface area contributed by atoms with Gasteiger partial charge < -0.3 is 9.47 Å². The van der Waals surface area contributed by atoms with Crippen LogP contribution in [-0.2, 0) is 4.79 Å². The van der Waals surface area contributed by atoms with Gasteiger partial charge in [-0.05, 0) is 31.5 Å². The second-order valence-corrected chi connectivity index (χ2v) is 8.88. The van der Waals surface area contributed by atoms with E-state index in [9.17, 15) is 4.79 Å². The van der Waals surface area contributed by atoms with Crippen molar-refractivity contribution in [1.82, 2.24) is 14.8 Å². The Balaban J connectivity index is 1.61. The standard InChI is InChI=1S/C21H22N4OS2/c1-15(2)24-14-22-23-21(24)28-13-20(26)25-17-10-6-7-11-19(17)27-12-18(25)16-8-4-3-5-9-16/h3-11,14-15,18H,12-13H2,1-2H3/t18-/m0/s1. The predicted octanol–water partition coefficient (Wildman–Crippen LogP) is 4.83. The highest BCUT2D eigenvalue weighted by Gasteiger charge is 2.32. The number of aromatic nitrogens is 3. The number of para-hydroxylation sites is 1. The van der Waals surface area contributed by atoms with Crippen molar-refractivity contribution in [2.45, 2.75) is 36.0 Å². The van der Waals surface area contributed by atoms with Gasteiger partial charge >= 0.3 is 0 Å². The van der Waals surface area contributed by atoms with Crippen LogP contribution in [0.3, 0.4) is 0 Å². The third-order valence-electron chi connectivity index (χ3n) is 4.71. The number of carbonyl (C=O) groups excluding carboxylic acids is 1. The summed E-state index contributed by atoms with van der Waals surface area (Å²) < 4.78 is 1.99. The summed E-state index contributed by atoms with van der Waals surface area (Å²) >= 11 is 3.25. The minimum absolute atomic E-state index is 0.0252. The van der Waals surface area contributed by atoms with Crippen LogP contribution in [0.1, 0.15) is 31.5 Å². The Morgan fingerprint density at radius 2 is 1.93 bits per heavy atom. The van der Waals surface area contributed by atoms with Crippen LogP contribution in [0.15, 0.2) is 71.0 Å². The van der Waals surface area contributed by atoms with Crippen LogP contribution in [0.2, 0.25) is 0 Å². The highest BCUT2D eigenvalue weighted by Crippen LogP contribution is 2.43. The molecule has 0 unspecified atom stereocenters. The summed E-state index contributed by atoms with van der Waals surface area (Å²) in [5, 5.41) is 8.95. The summed E-state index contributed by atoms with van der Waals surface area (Å²) in [6.07, 6.45) is 1.72. The zero-order valence-electron chi connectivity index (χ0n) is 15.9. The fourth-order valence-electron chi connectivity index (χ4n) is 3.30. The van der Waals surface area contributed by atoms with E-state index in [1.54, 1.807) is 6.33 Å². The van der Waals surface area contributed by atoms with Crippen LogP contribution in [0.5, 0.6) is 0 Å². The van der Waals surface area contributed by atoms with E-state index >= 15 is 0 Å². The summed E-state index contributed by atoms with van der Waals surface area (Å²) in [7, 11) is 0. The van der Waals surface area contributed by atoms with Gasteiger partial charge in [0.05, 0.1) is 17.5 Å². The van der Waals surface area contributed by atoms with E-state index in [0.717, 1.165) is 27.1 Å². The molecule has 0 radical (unpaired) electrons. The van der Waals surface area contributed by atoms with Gasteiger partial charge in [0.15, 0.2) is 5.16 Å². The Hall–Kier alpha value is -2.25. The van der Waals surface area contributed by atoms with Gasteiger partial charge in [-0.1, -0.05) is 54.2 Å². The van der Waals surface area contributed by atoms with E-state index in [4.69, 9.17) is 0 Å². The quantitative estimate of drug-likeness (QED) is 0.564. The SMILES string of the molecule is CC(C)n1cnnc1SCC(=O)N1c2ccccc2SC[C@H]1c1ccccc1. The molecule has 1 atom stereocenters. The van der Waals surface area contributed by atoms with E-state index in [1.807, 2.05) is 57.6 Å². The average Bonchev–Trinajstić information content (AvgIpc) is 3.21. The maximum atomic E-state index is 13.4. The van der Waals surface area contributed by atoms with Crippen LogP contribution in [0.25, 0.3) is 0 Å². The van der Waals surface area contributed by atoms with Crippen LogP contribution < -0.4 is 4.90 Å². The summed E-state index contributed by atoms with van der Waals surface area (Å²) in [4.78, 5) is 16.5. The van der Waals surface area contributed by atoms with E-state index in [2.05, 4.69) is 42.2 Å².